The number of aryl methyl sites for hydroxylation is 2. The summed E-state index contributed by atoms with van der Waals surface area (Å²) < 4.78 is 10.9. The van der Waals surface area contributed by atoms with Gasteiger partial charge in [-0.1, -0.05) is 12.1 Å². The van der Waals surface area contributed by atoms with Crippen molar-refractivity contribution in [2.75, 3.05) is 13.7 Å². The summed E-state index contributed by atoms with van der Waals surface area (Å²) in [6.07, 6.45) is 3.89. The number of rotatable bonds is 5. The van der Waals surface area contributed by atoms with E-state index in [9.17, 15) is 9.59 Å². The zero-order valence-corrected chi connectivity index (χ0v) is 18.9. The Bertz CT molecular complexity index is 1350. The first kappa shape index (κ1) is 21.2. The third-order valence-electron chi connectivity index (χ3n) is 6.51. The van der Waals surface area contributed by atoms with Gasteiger partial charge in [-0.2, -0.15) is 0 Å². The van der Waals surface area contributed by atoms with E-state index in [0.717, 1.165) is 59.2 Å². The summed E-state index contributed by atoms with van der Waals surface area (Å²) in [7, 11) is 1.59. The molecule has 0 aliphatic carbocycles. The number of carbonyl (C=O) groups excluding carboxylic acids is 1. The van der Waals surface area contributed by atoms with Gasteiger partial charge in [0.2, 0.25) is 5.91 Å². The molecule has 5 rings (SSSR count). The summed E-state index contributed by atoms with van der Waals surface area (Å²) in [6.45, 7) is 2.62. The quantitative estimate of drug-likeness (QED) is 0.451. The molecule has 0 spiro atoms. The first-order valence-electron chi connectivity index (χ1n) is 11.4. The summed E-state index contributed by atoms with van der Waals surface area (Å²) in [6, 6.07) is 13.1. The second-order valence-corrected chi connectivity index (χ2v) is 8.65. The van der Waals surface area contributed by atoms with Crippen LogP contribution in [-0.2, 0) is 11.2 Å². The van der Waals surface area contributed by atoms with E-state index in [1.807, 2.05) is 42.2 Å². The number of aromatic nitrogens is 2. The average Bonchev–Trinajstić information content (AvgIpc) is 3.26. The fraction of sp³-hybridized carbons (Fsp3) is 0.346. The molecule has 0 unspecified atom stereocenters. The highest BCUT2D eigenvalue weighted by molar-refractivity contribution is 5.83. The fourth-order valence-corrected chi connectivity index (χ4v) is 4.81. The number of nitrogens with one attached hydrogen (secondary N) is 1. The third kappa shape index (κ3) is 4.11. The van der Waals surface area contributed by atoms with E-state index in [0.29, 0.717) is 24.2 Å². The lowest BCUT2D eigenvalue weighted by molar-refractivity contribution is -0.135. The minimum Gasteiger partial charge on any atom is -0.496 e. The first-order chi connectivity index (χ1) is 16.0. The number of aromatic amines is 1. The number of nitrogens with zero attached hydrogens (tertiary/aromatic N) is 2. The SMILES string of the molecule is COc1cc2oc(=O)cc(C)c2cc1CCC(=O)N1CCCC[C@@H]1c1nc2ccccc2[nH]1. The molecule has 0 radical (unpaired) electrons. The van der Waals surface area contributed by atoms with Crippen molar-refractivity contribution in [2.24, 2.45) is 0 Å². The Kier molecular flexibility index (Phi) is 5.62. The smallest absolute Gasteiger partial charge is 0.336 e. The van der Waals surface area contributed by atoms with Gasteiger partial charge in [0.15, 0.2) is 0 Å². The topological polar surface area (TPSA) is 88.4 Å². The summed E-state index contributed by atoms with van der Waals surface area (Å²) in [5, 5.41) is 0.857. The second kappa shape index (κ2) is 8.73. The van der Waals surface area contributed by atoms with Crippen molar-refractivity contribution in [3.05, 3.63) is 69.8 Å². The van der Waals surface area contributed by atoms with Crippen LogP contribution >= 0.6 is 0 Å². The van der Waals surface area contributed by atoms with Gasteiger partial charge in [0.05, 0.1) is 24.2 Å². The number of ether oxygens (including phenoxy) is 1. The van der Waals surface area contributed by atoms with Gasteiger partial charge in [0.25, 0.3) is 0 Å². The fourth-order valence-electron chi connectivity index (χ4n) is 4.81. The zero-order chi connectivity index (χ0) is 22.9. The maximum atomic E-state index is 13.3. The number of likely N-dealkylation sites (tertiary alicyclic amines) is 1. The van der Waals surface area contributed by atoms with Gasteiger partial charge in [-0.05, 0) is 61.9 Å². The molecule has 4 aromatic rings. The minimum absolute atomic E-state index is 0.0336. The second-order valence-electron chi connectivity index (χ2n) is 8.65. The summed E-state index contributed by atoms with van der Waals surface area (Å²) in [5.41, 5.74) is 3.80. The van der Waals surface area contributed by atoms with Crippen molar-refractivity contribution in [1.82, 2.24) is 14.9 Å². The zero-order valence-electron chi connectivity index (χ0n) is 18.9. The standard InChI is InChI=1S/C26H27N3O4/c1-16-13-25(31)33-23-15-22(32-2)17(14-18(16)23)10-11-24(30)29-12-6-5-9-21(29)26-27-19-7-3-4-8-20(19)28-26/h3-4,7-8,13-15,21H,5-6,9-12H2,1-2H3,(H,27,28)/t21-/m1/s1. The first-order valence-corrected chi connectivity index (χ1v) is 11.4. The van der Waals surface area contributed by atoms with E-state index in [4.69, 9.17) is 14.1 Å². The maximum absolute atomic E-state index is 13.3. The highest BCUT2D eigenvalue weighted by Gasteiger charge is 2.30. The van der Waals surface area contributed by atoms with Crippen LogP contribution in [-0.4, -0.2) is 34.4 Å². The van der Waals surface area contributed by atoms with Crippen LogP contribution < -0.4 is 10.4 Å². The molecule has 2 aromatic carbocycles. The lowest BCUT2D eigenvalue weighted by Crippen LogP contribution is -2.39. The Morgan fingerprint density at radius 3 is 2.91 bits per heavy atom. The van der Waals surface area contributed by atoms with E-state index in [1.165, 1.54) is 6.07 Å². The molecule has 0 bridgehead atoms. The molecule has 1 saturated heterocycles. The van der Waals surface area contributed by atoms with Crippen molar-refractivity contribution >= 4 is 27.9 Å². The van der Waals surface area contributed by atoms with Crippen LogP contribution in [0.5, 0.6) is 5.75 Å². The molecule has 1 aliphatic heterocycles. The monoisotopic (exact) mass is 445 g/mol. The van der Waals surface area contributed by atoms with Crippen LogP contribution in [0.25, 0.3) is 22.0 Å². The molecule has 33 heavy (non-hydrogen) atoms. The molecule has 1 amide bonds. The Balaban J connectivity index is 1.38. The predicted octanol–water partition coefficient (Wildman–Crippen LogP) is 4.67. The number of amides is 1. The predicted molar refractivity (Wildman–Crippen MR) is 126 cm³/mol. The van der Waals surface area contributed by atoms with E-state index in [-0.39, 0.29) is 17.6 Å². The molecule has 170 valence electrons. The molecule has 1 fully saturated rings. The number of para-hydroxylation sites is 2. The van der Waals surface area contributed by atoms with Gasteiger partial charge in [0.1, 0.15) is 17.2 Å². The van der Waals surface area contributed by atoms with E-state index in [2.05, 4.69) is 4.98 Å². The third-order valence-corrected chi connectivity index (χ3v) is 6.51. The van der Waals surface area contributed by atoms with Crippen molar-refractivity contribution in [2.45, 2.75) is 45.1 Å². The summed E-state index contributed by atoms with van der Waals surface area (Å²) in [4.78, 5) is 35.2. The molecule has 3 heterocycles. The number of methoxy groups -OCH3 is 1. The van der Waals surface area contributed by atoms with Crippen LogP contribution in [0.15, 0.2) is 51.7 Å². The van der Waals surface area contributed by atoms with Crippen LogP contribution in [0.1, 0.15) is 48.7 Å². The van der Waals surface area contributed by atoms with Crippen molar-refractivity contribution in [1.29, 1.82) is 0 Å². The number of carbonyl (C=O) groups is 1. The molecule has 2 aromatic heterocycles. The van der Waals surface area contributed by atoms with E-state index < -0.39 is 0 Å². The van der Waals surface area contributed by atoms with Gasteiger partial charge in [-0.3, -0.25) is 4.79 Å². The van der Waals surface area contributed by atoms with E-state index in [1.54, 1.807) is 13.2 Å². The number of imidazole rings is 1. The minimum atomic E-state index is -0.383. The van der Waals surface area contributed by atoms with E-state index >= 15 is 0 Å². The Hall–Kier alpha value is -3.61. The molecule has 1 N–H and O–H groups in total. The summed E-state index contributed by atoms with van der Waals surface area (Å²) >= 11 is 0. The summed E-state index contributed by atoms with van der Waals surface area (Å²) in [5.74, 6) is 1.59. The number of fused-ring (bicyclic) bond motifs is 2. The average molecular weight is 446 g/mol. The molecular weight excluding hydrogens is 418 g/mol. The largest absolute Gasteiger partial charge is 0.496 e. The van der Waals surface area contributed by atoms with Crippen molar-refractivity contribution in [3.63, 3.8) is 0 Å². The van der Waals surface area contributed by atoms with Crippen molar-refractivity contribution < 1.29 is 13.9 Å². The number of H-pyrrole nitrogens is 1. The molecule has 7 nitrogen and oxygen atoms in total. The van der Waals surface area contributed by atoms with Gasteiger partial charge in [0, 0.05) is 30.5 Å². The maximum Gasteiger partial charge on any atom is 0.336 e. The molecule has 0 saturated carbocycles. The normalized spacial score (nSPS) is 16.4. The van der Waals surface area contributed by atoms with Gasteiger partial charge in [-0.15, -0.1) is 0 Å². The van der Waals surface area contributed by atoms with Crippen LogP contribution in [0.2, 0.25) is 0 Å². The molecular formula is C26H27N3O4. The van der Waals surface area contributed by atoms with Gasteiger partial charge < -0.3 is 19.0 Å². The highest BCUT2D eigenvalue weighted by Crippen LogP contribution is 2.32. The molecule has 7 heteroatoms. The Morgan fingerprint density at radius 1 is 1.24 bits per heavy atom. The van der Waals surface area contributed by atoms with Crippen LogP contribution in [0, 0.1) is 6.92 Å². The number of hydrogen-bond donors (Lipinski definition) is 1. The van der Waals surface area contributed by atoms with Crippen LogP contribution in [0.3, 0.4) is 0 Å². The Morgan fingerprint density at radius 2 is 2.09 bits per heavy atom. The number of benzene rings is 2. The lowest BCUT2D eigenvalue weighted by Gasteiger charge is -2.34. The molecule has 1 aliphatic rings. The van der Waals surface area contributed by atoms with Crippen molar-refractivity contribution in [3.8, 4) is 5.75 Å². The number of hydrogen-bond acceptors (Lipinski definition) is 5. The molecule has 1 atom stereocenters. The van der Waals surface area contributed by atoms with Gasteiger partial charge in [-0.25, -0.2) is 9.78 Å². The lowest BCUT2D eigenvalue weighted by atomic mass is 9.99. The highest BCUT2D eigenvalue weighted by atomic mass is 16.5. The Labute approximate surface area is 191 Å². The van der Waals surface area contributed by atoms with Crippen LogP contribution in [0.4, 0.5) is 0 Å². The van der Waals surface area contributed by atoms with Gasteiger partial charge >= 0.3 is 5.63 Å². The number of piperidine rings is 1.